The fourth-order valence-electron chi connectivity index (χ4n) is 2.58. The van der Waals surface area contributed by atoms with Crippen LogP contribution in [0.4, 0.5) is 22.0 Å². The van der Waals surface area contributed by atoms with E-state index in [1.54, 1.807) is 6.07 Å². The topological polar surface area (TPSA) is 24.5 Å². The van der Waals surface area contributed by atoms with Gasteiger partial charge in [-0.3, -0.25) is 4.90 Å². The van der Waals surface area contributed by atoms with E-state index in [-0.39, 0.29) is 18.2 Å². The molecule has 0 radical (unpaired) electrons. The van der Waals surface area contributed by atoms with Crippen LogP contribution in [0.1, 0.15) is 18.0 Å². The van der Waals surface area contributed by atoms with Gasteiger partial charge in [0.05, 0.1) is 0 Å². The first-order valence-electron chi connectivity index (χ1n) is 6.94. The molecule has 0 aromatic heterocycles. The van der Waals surface area contributed by atoms with Gasteiger partial charge in [0, 0.05) is 38.6 Å². The van der Waals surface area contributed by atoms with E-state index in [1.807, 2.05) is 4.90 Å². The first-order valence-corrected chi connectivity index (χ1v) is 6.94. The van der Waals surface area contributed by atoms with Crippen LogP contribution in [-0.2, 0) is 0 Å². The van der Waals surface area contributed by atoms with Gasteiger partial charge in [0.1, 0.15) is 5.75 Å². The van der Waals surface area contributed by atoms with E-state index in [1.165, 1.54) is 12.1 Å². The molecule has 3 nitrogen and oxygen atoms in total. The van der Waals surface area contributed by atoms with Gasteiger partial charge < -0.3 is 10.1 Å². The van der Waals surface area contributed by atoms with Gasteiger partial charge in [-0.1, -0.05) is 12.1 Å². The van der Waals surface area contributed by atoms with Crippen LogP contribution in [0, 0.1) is 0 Å². The average molecular weight is 361 g/mol. The lowest BCUT2D eigenvalue weighted by molar-refractivity contribution is -0.274. The Bertz CT molecular complexity index is 480. The predicted molar refractivity (Wildman–Crippen MR) is 78.2 cm³/mol. The van der Waals surface area contributed by atoms with Crippen molar-refractivity contribution in [2.24, 2.45) is 0 Å². The molecule has 0 unspecified atom stereocenters. The van der Waals surface area contributed by atoms with Crippen LogP contribution >= 0.6 is 12.4 Å². The summed E-state index contributed by atoms with van der Waals surface area (Å²) in [5.41, 5.74) is 0.406. The molecule has 1 aromatic rings. The summed E-state index contributed by atoms with van der Waals surface area (Å²) in [6.45, 7) is 2.47. The maximum atomic E-state index is 12.8. The van der Waals surface area contributed by atoms with Gasteiger partial charge in [0.25, 0.3) is 0 Å². The Labute approximate surface area is 137 Å². The van der Waals surface area contributed by atoms with Crippen molar-refractivity contribution in [3.8, 4) is 5.75 Å². The fraction of sp³-hybridized carbons (Fsp3) is 0.571. The SMILES string of the molecule is Cl.FC(F)C[C@H](c1cccc(OC(F)(F)F)c1)N1CCNCC1. The maximum absolute atomic E-state index is 12.8. The van der Waals surface area contributed by atoms with Crippen molar-refractivity contribution in [3.05, 3.63) is 29.8 Å². The zero-order valence-electron chi connectivity index (χ0n) is 12.2. The third kappa shape index (κ3) is 6.48. The lowest BCUT2D eigenvalue weighted by atomic mass is 10.0. The van der Waals surface area contributed by atoms with Crippen LogP contribution in [-0.4, -0.2) is 43.9 Å². The Morgan fingerprint density at radius 3 is 2.39 bits per heavy atom. The Morgan fingerprint density at radius 1 is 1.17 bits per heavy atom. The number of halogens is 6. The lowest BCUT2D eigenvalue weighted by Gasteiger charge is -2.35. The normalized spacial score (nSPS) is 17.7. The number of rotatable bonds is 5. The van der Waals surface area contributed by atoms with E-state index in [9.17, 15) is 22.0 Å². The zero-order valence-corrected chi connectivity index (χ0v) is 13.0. The second-order valence-electron chi connectivity index (χ2n) is 5.05. The third-order valence-corrected chi connectivity index (χ3v) is 3.47. The molecule has 1 saturated heterocycles. The molecule has 1 atom stereocenters. The van der Waals surface area contributed by atoms with Crippen molar-refractivity contribution < 1.29 is 26.7 Å². The standard InChI is InChI=1S/C14H17F5N2O.ClH/c15-13(16)9-12(21-6-4-20-5-7-21)10-2-1-3-11(8-10)22-14(17,18)19;/h1-3,8,12-13,20H,4-7,9H2;1H/t12-;/m1./s1. The van der Waals surface area contributed by atoms with Crippen molar-refractivity contribution >= 4 is 12.4 Å². The van der Waals surface area contributed by atoms with E-state index in [4.69, 9.17) is 0 Å². The highest BCUT2D eigenvalue weighted by Crippen LogP contribution is 2.31. The molecular formula is C14H18ClF5N2O. The number of ether oxygens (including phenoxy) is 1. The minimum absolute atomic E-state index is 0. The highest BCUT2D eigenvalue weighted by molar-refractivity contribution is 5.85. The molecule has 1 heterocycles. The van der Waals surface area contributed by atoms with Crippen LogP contribution in [0.3, 0.4) is 0 Å². The summed E-state index contributed by atoms with van der Waals surface area (Å²) < 4.78 is 66.4. The number of hydrogen-bond acceptors (Lipinski definition) is 3. The number of alkyl halides is 5. The van der Waals surface area contributed by atoms with Crippen LogP contribution in [0.15, 0.2) is 24.3 Å². The number of piperazine rings is 1. The van der Waals surface area contributed by atoms with Gasteiger partial charge >= 0.3 is 6.36 Å². The molecule has 0 spiro atoms. The van der Waals surface area contributed by atoms with Gasteiger partial charge in [-0.25, -0.2) is 8.78 Å². The van der Waals surface area contributed by atoms with Crippen molar-refractivity contribution in [2.45, 2.75) is 25.3 Å². The number of benzene rings is 1. The van der Waals surface area contributed by atoms with Crippen molar-refractivity contribution in [1.82, 2.24) is 10.2 Å². The number of nitrogens with zero attached hydrogens (tertiary/aromatic N) is 1. The highest BCUT2D eigenvalue weighted by Gasteiger charge is 2.32. The molecule has 0 saturated carbocycles. The monoisotopic (exact) mass is 360 g/mol. The zero-order chi connectivity index (χ0) is 16.2. The van der Waals surface area contributed by atoms with Crippen molar-refractivity contribution in [1.29, 1.82) is 0 Å². The molecule has 1 fully saturated rings. The molecule has 9 heteroatoms. The molecule has 2 rings (SSSR count). The minimum atomic E-state index is -4.80. The molecule has 0 aliphatic carbocycles. The van der Waals surface area contributed by atoms with Crippen LogP contribution < -0.4 is 10.1 Å². The Hall–Kier alpha value is -1.12. The minimum Gasteiger partial charge on any atom is -0.406 e. The Kier molecular flexibility index (Phi) is 7.50. The summed E-state index contributed by atoms with van der Waals surface area (Å²) in [6.07, 6.45) is -7.76. The van der Waals surface area contributed by atoms with E-state index >= 15 is 0 Å². The summed E-state index contributed by atoms with van der Waals surface area (Å²) in [4.78, 5) is 1.86. The molecule has 1 aromatic carbocycles. The molecule has 1 aliphatic heterocycles. The summed E-state index contributed by atoms with van der Waals surface area (Å²) in [5, 5.41) is 3.11. The van der Waals surface area contributed by atoms with Crippen molar-refractivity contribution in [3.63, 3.8) is 0 Å². The molecule has 0 amide bonds. The fourth-order valence-corrected chi connectivity index (χ4v) is 2.58. The first kappa shape index (κ1) is 19.9. The quantitative estimate of drug-likeness (QED) is 0.812. The van der Waals surface area contributed by atoms with Gasteiger partial charge in [-0.15, -0.1) is 25.6 Å². The third-order valence-electron chi connectivity index (χ3n) is 3.47. The largest absolute Gasteiger partial charge is 0.573 e. The van der Waals surface area contributed by atoms with Gasteiger partial charge in [0.15, 0.2) is 0 Å². The van der Waals surface area contributed by atoms with E-state index < -0.39 is 25.3 Å². The second-order valence-corrected chi connectivity index (χ2v) is 5.05. The maximum Gasteiger partial charge on any atom is 0.573 e. The van der Waals surface area contributed by atoms with Gasteiger partial charge in [-0.2, -0.15) is 0 Å². The van der Waals surface area contributed by atoms with Crippen molar-refractivity contribution in [2.75, 3.05) is 26.2 Å². The lowest BCUT2D eigenvalue weighted by Crippen LogP contribution is -2.45. The molecule has 23 heavy (non-hydrogen) atoms. The molecular weight excluding hydrogens is 343 g/mol. The summed E-state index contributed by atoms with van der Waals surface area (Å²) in [5.74, 6) is -0.389. The van der Waals surface area contributed by atoms with Crippen LogP contribution in [0.2, 0.25) is 0 Å². The van der Waals surface area contributed by atoms with Gasteiger partial charge in [0.2, 0.25) is 6.43 Å². The molecule has 1 aliphatic rings. The highest BCUT2D eigenvalue weighted by atomic mass is 35.5. The summed E-state index contributed by atoms with van der Waals surface area (Å²) in [7, 11) is 0. The van der Waals surface area contributed by atoms with Crippen LogP contribution in [0.25, 0.3) is 0 Å². The summed E-state index contributed by atoms with van der Waals surface area (Å²) >= 11 is 0. The number of nitrogens with one attached hydrogen (secondary N) is 1. The molecule has 0 bridgehead atoms. The Balaban J connectivity index is 0.00000264. The first-order chi connectivity index (χ1) is 10.3. The second kappa shape index (κ2) is 8.65. The Morgan fingerprint density at radius 2 is 1.83 bits per heavy atom. The van der Waals surface area contributed by atoms with E-state index in [0.717, 1.165) is 6.07 Å². The van der Waals surface area contributed by atoms with Gasteiger partial charge in [-0.05, 0) is 17.7 Å². The van der Waals surface area contributed by atoms with Crippen LogP contribution in [0.5, 0.6) is 5.75 Å². The molecule has 132 valence electrons. The van der Waals surface area contributed by atoms with E-state index in [0.29, 0.717) is 31.7 Å². The molecule has 1 N–H and O–H groups in total. The number of hydrogen-bond donors (Lipinski definition) is 1. The smallest absolute Gasteiger partial charge is 0.406 e. The average Bonchev–Trinajstić information content (AvgIpc) is 2.44. The van der Waals surface area contributed by atoms with E-state index in [2.05, 4.69) is 10.1 Å². The predicted octanol–water partition coefficient (Wildman–Crippen LogP) is 3.61. The summed E-state index contributed by atoms with van der Waals surface area (Å²) in [6, 6.07) is 4.66.